The highest BCUT2D eigenvalue weighted by Gasteiger charge is 2.27. The monoisotopic (exact) mass is 690 g/mol. The van der Waals surface area contributed by atoms with Gasteiger partial charge in [-0.15, -0.1) is 11.6 Å². The van der Waals surface area contributed by atoms with E-state index in [2.05, 4.69) is 94.8 Å². The average molecular weight is 691 g/mol. The van der Waals surface area contributed by atoms with Gasteiger partial charge < -0.3 is 23.4 Å². The molecular weight excluding hydrogens is 647 g/mol. The van der Waals surface area contributed by atoms with Gasteiger partial charge in [0.05, 0.1) is 43.5 Å². The van der Waals surface area contributed by atoms with Gasteiger partial charge in [0.15, 0.2) is 0 Å². The van der Waals surface area contributed by atoms with Crippen LogP contribution in [0.2, 0.25) is 0 Å². The standard InChI is InChI=1S/C43H43BN4O4/c1-32-29-34(3)47-42(32)41(38-17-14-36(15-18-38)12-13-37-16-19-40(46-31-37)39-11-7-8-22-45-39)43-33(2)30-35(4)48(43)44(20-9-23-51-27-25-49-5)21-10-24-52-28-26-50-6/h7-8,11,14-19,22,29-31H,23-28H2,1-6H3/b42-41-. The maximum absolute atomic E-state index is 5.66. The minimum atomic E-state index is -0.463. The van der Waals surface area contributed by atoms with Crippen LogP contribution in [0, 0.1) is 49.2 Å². The summed E-state index contributed by atoms with van der Waals surface area (Å²) in [6.45, 7) is 10.4. The molecule has 4 aromatic rings. The molecule has 262 valence electrons. The number of methoxy groups -OCH3 is 2. The second-order valence-corrected chi connectivity index (χ2v) is 12.1. The van der Waals surface area contributed by atoms with Crippen LogP contribution in [0.3, 0.4) is 0 Å². The van der Waals surface area contributed by atoms with Gasteiger partial charge in [-0.25, -0.2) is 0 Å². The van der Waals surface area contributed by atoms with Gasteiger partial charge in [-0.3, -0.25) is 15.0 Å². The van der Waals surface area contributed by atoms with E-state index in [9.17, 15) is 0 Å². The number of pyridine rings is 2. The molecule has 1 aliphatic heterocycles. The first-order chi connectivity index (χ1) is 25.4. The van der Waals surface area contributed by atoms with E-state index in [0.717, 1.165) is 67.6 Å². The number of rotatable bonds is 12. The number of aromatic nitrogens is 3. The molecule has 0 fully saturated rings. The summed E-state index contributed by atoms with van der Waals surface area (Å²) in [6, 6.07) is 20.2. The molecule has 0 unspecified atom stereocenters. The molecule has 0 spiro atoms. The van der Waals surface area contributed by atoms with E-state index < -0.39 is 6.85 Å². The molecule has 52 heavy (non-hydrogen) atoms. The molecule has 3 aromatic heterocycles. The predicted octanol–water partition coefficient (Wildman–Crippen LogP) is 6.39. The van der Waals surface area contributed by atoms with Crippen LogP contribution in [-0.4, -0.2) is 80.9 Å². The van der Waals surface area contributed by atoms with E-state index in [-0.39, 0.29) is 13.2 Å². The average Bonchev–Trinajstić information content (AvgIpc) is 3.65. The first-order valence-corrected chi connectivity index (χ1v) is 17.2. The van der Waals surface area contributed by atoms with Crippen LogP contribution >= 0.6 is 0 Å². The number of aryl methyl sites for hydroxylation is 2. The van der Waals surface area contributed by atoms with Crippen molar-refractivity contribution < 1.29 is 18.9 Å². The summed E-state index contributed by atoms with van der Waals surface area (Å²) < 4.78 is 23.7. The molecule has 4 heterocycles. The van der Waals surface area contributed by atoms with Crippen molar-refractivity contribution in [1.82, 2.24) is 14.4 Å². The molecule has 0 radical (unpaired) electrons. The second kappa shape index (κ2) is 19.2. The number of hydrogen-bond acceptors (Lipinski definition) is 7. The van der Waals surface area contributed by atoms with Gasteiger partial charge in [0.25, 0.3) is 0 Å². The minimum absolute atomic E-state index is 0.271. The molecule has 0 saturated carbocycles. The third-order valence-corrected chi connectivity index (χ3v) is 8.14. The molecule has 0 atom stereocenters. The first kappa shape index (κ1) is 37.8. The zero-order valence-electron chi connectivity index (χ0n) is 30.7. The number of allylic oxidation sites excluding steroid dienone is 2. The molecule has 1 aliphatic rings. The lowest BCUT2D eigenvalue weighted by molar-refractivity contribution is 0.0877. The number of ether oxygens (including phenoxy) is 4. The van der Waals surface area contributed by atoms with Crippen molar-refractivity contribution in [3.8, 4) is 46.7 Å². The van der Waals surface area contributed by atoms with Gasteiger partial charge in [0.1, 0.15) is 13.2 Å². The van der Waals surface area contributed by atoms with E-state index in [1.807, 2.05) is 49.4 Å². The van der Waals surface area contributed by atoms with Crippen molar-refractivity contribution in [1.29, 1.82) is 0 Å². The third-order valence-electron chi connectivity index (χ3n) is 8.14. The molecule has 5 rings (SSSR count). The van der Waals surface area contributed by atoms with Crippen molar-refractivity contribution in [3.63, 3.8) is 0 Å². The highest BCUT2D eigenvalue weighted by molar-refractivity contribution is 6.74. The summed E-state index contributed by atoms with van der Waals surface area (Å²) in [4.78, 5) is 14.0. The van der Waals surface area contributed by atoms with Gasteiger partial charge >= 0.3 is 6.85 Å². The highest BCUT2D eigenvalue weighted by Crippen LogP contribution is 2.37. The Hall–Kier alpha value is -5.47. The van der Waals surface area contributed by atoms with E-state index in [1.165, 1.54) is 0 Å². The van der Waals surface area contributed by atoms with Gasteiger partial charge in [-0.05, 0) is 92.9 Å². The summed E-state index contributed by atoms with van der Waals surface area (Å²) in [5.74, 6) is 19.7. The minimum Gasteiger partial charge on any atom is -0.382 e. The Balaban J connectivity index is 1.51. The molecular formula is C43H43BN4O4. The number of nitrogens with zero attached hydrogens (tertiary/aromatic N) is 4. The zero-order chi connectivity index (χ0) is 36.7. The van der Waals surface area contributed by atoms with Crippen LogP contribution in [0.5, 0.6) is 0 Å². The SMILES string of the molecule is COCCOCC#CB(C#CCOCCOC)n1c(C)cc(C)c1/C(=C1\N=C(C)C=C1C)c1ccc(C#Cc2ccc(-c3ccccn3)nc2)cc1. The van der Waals surface area contributed by atoms with Gasteiger partial charge in [0.2, 0.25) is 0 Å². The molecule has 0 amide bonds. The fourth-order valence-electron chi connectivity index (χ4n) is 5.76. The first-order valence-electron chi connectivity index (χ1n) is 17.2. The Labute approximate surface area is 308 Å². The Kier molecular flexibility index (Phi) is 14.0. The topological polar surface area (TPSA) is 80.0 Å². The maximum Gasteiger partial charge on any atom is 0.433 e. The van der Waals surface area contributed by atoms with Crippen LogP contribution in [0.4, 0.5) is 0 Å². The Morgan fingerprint density at radius 3 is 1.98 bits per heavy atom. The summed E-state index contributed by atoms with van der Waals surface area (Å²) in [5.41, 5.74) is 11.5. The molecule has 0 N–H and O–H groups in total. The van der Waals surface area contributed by atoms with E-state index in [4.69, 9.17) is 23.9 Å². The van der Waals surface area contributed by atoms with Crippen LogP contribution in [0.25, 0.3) is 17.0 Å². The van der Waals surface area contributed by atoms with Gasteiger partial charge in [-0.2, -0.15) is 0 Å². The Morgan fingerprint density at radius 2 is 1.40 bits per heavy atom. The summed E-state index contributed by atoms with van der Waals surface area (Å²) in [7, 11) is 3.30. The van der Waals surface area contributed by atoms with E-state index >= 15 is 0 Å². The van der Waals surface area contributed by atoms with Crippen molar-refractivity contribution in [2.45, 2.75) is 27.7 Å². The lowest BCUT2D eigenvalue weighted by Crippen LogP contribution is -2.26. The van der Waals surface area contributed by atoms with Crippen LogP contribution in [-0.2, 0) is 18.9 Å². The smallest absolute Gasteiger partial charge is 0.382 e. The molecule has 9 heteroatoms. The summed E-state index contributed by atoms with van der Waals surface area (Å²) >= 11 is 0. The molecule has 1 aromatic carbocycles. The molecule has 0 aliphatic carbocycles. The fraction of sp³-hybridized carbons (Fsp3) is 0.279. The van der Waals surface area contributed by atoms with Crippen molar-refractivity contribution in [2.75, 3.05) is 53.9 Å². The van der Waals surface area contributed by atoms with E-state index in [0.29, 0.717) is 26.4 Å². The van der Waals surface area contributed by atoms with E-state index in [1.54, 1.807) is 26.6 Å². The molecule has 0 bridgehead atoms. The number of aliphatic imine (C=N–C) groups is 1. The number of benzene rings is 1. The van der Waals surface area contributed by atoms with Crippen LogP contribution in [0.15, 0.2) is 95.4 Å². The largest absolute Gasteiger partial charge is 0.433 e. The second-order valence-electron chi connectivity index (χ2n) is 12.1. The van der Waals surface area contributed by atoms with Crippen molar-refractivity contribution >= 4 is 18.1 Å². The summed E-state index contributed by atoms with van der Waals surface area (Å²) in [6.07, 6.45) is 5.66. The maximum atomic E-state index is 5.66. The third kappa shape index (κ3) is 10.1. The highest BCUT2D eigenvalue weighted by atomic mass is 16.5. The zero-order valence-corrected chi connectivity index (χ0v) is 30.7. The lowest BCUT2D eigenvalue weighted by atomic mass is 9.63. The van der Waals surface area contributed by atoms with Crippen LogP contribution < -0.4 is 0 Å². The summed E-state index contributed by atoms with van der Waals surface area (Å²) in [5, 5.41) is 0. The van der Waals surface area contributed by atoms with Gasteiger partial charge in [-0.1, -0.05) is 41.9 Å². The number of hydrogen-bond donors (Lipinski definition) is 0. The Bertz CT molecular complexity index is 2090. The molecule has 8 nitrogen and oxygen atoms in total. The lowest BCUT2D eigenvalue weighted by Gasteiger charge is -2.19. The van der Waals surface area contributed by atoms with Crippen LogP contribution in [0.1, 0.15) is 47.5 Å². The van der Waals surface area contributed by atoms with Crippen molar-refractivity contribution in [3.05, 3.63) is 124 Å². The van der Waals surface area contributed by atoms with Gasteiger partial charge in [0, 0.05) is 60.4 Å². The normalized spacial score (nSPS) is 12.8. The predicted molar refractivity (Wildman–Crippen MR) is 209 cm³/mol. The quantitative estimate of drug-likeness (QED) is 0.0974. The Morgan fingerprint density at radius 1 is 0.750 bits per heavy atom. The fourth-order valence-corrected chi connectivity index (χ4v) is 5.76. The molecule has 0 saturated heterocycles. The van der Waals surface area contributed by atoms with Crippen molar-refractivity contribution in [2.24, 2.45) is 4.99 Å².